The fourth-order valence-corrected chi connectivity index (χ4v) is 4.11. The van der Waals surface area contributed by atoms with Gasteiger partial charge in [0.25, 0.3) is 5.91 Å². The fraction of sp³-hybridized carbons (Fsp3) is 0.550. The van der Waals surface area contributed by atoms with Crippen molar-refractivity contribution in [3.8, 4) is 0 Å². The van der Waals surface area contributed by atoms with E-state index in [0.29, 0.717) is 18.2 Å². The molecule has 2 aliphatic heterocycles. The average molecular weight is 389 g/mol. The number of carbonyl (C=O) groups excluding carboxylic acids is 3. The Hall–Kier alpha value is -1.78. The van der Waals surface area contributed by atoms with Gasteiger partial charge in [0.05, 0.1) is 6.54 Å². The number of hydrogen-bond donors (Lipinski definition) is 1. The number of likely N-dealkylation sites (tertiary alicyclic amines) is 2. The van der Waals surface area contributed by atoms with Crippen LogP contribution in [-0.2, 0) is 9.59 Å². The summed E-state index contributed by atoms with van der Waals surface area (Å²) in [5, 5.41) is 3.72. The minimum atomic E-state index is -0.223. The van der Waals surface area contributed by atoms with Crippen molar-refractivity contribution < 1.29 is 14.4 Å². The number of amides is 2. The standard InChI is InChI=1S/C20H28N3O3P/c1-14-2-3-16(10-18(14)27)20(26)21-11-19(25)23-9-6-17(12-23)22-7-4-15(13-24)5-8-22/h2-3,10,13,15,17H,4-9,11-12,27H2,1H3,(H,21,26). The highest BCUT2D eigenvalue weighted by atomic mass is 31.0. The van der Waals surface area contributed by atoms with E-state index in [4.69, 9.17) is 0 Å². The maximum Gasteiger partial charge on any atom is 0.251 e. The molecular formula is C20H28N3O3P. The number of nitrogens with zero attached hydrogens (tertiary/aromatic N) is 2. The fourth-order valence-electron chi connectivity index (χ4n) is 3.84. The smallest absolute Gasteiger partial charge is 0.251 e. The zero-order valence-electron chi connectivity index (χ0n) is 15.8. The Morgan fingerprint density at radius 2 is 1.96 bits per heavy atom. The molecule has 146 valence electrons. The van der Waals surface area contributed by atoms with Gasteiger partial charge in [-0.2, -0.15) is 0 Å². The first kappa shape index (κ1) is 20.0. The molecule has 1 N–H and O–H groups in total. The molecule has 2 fully saturated rings. The number of rotatable bonds is 5. The van der Waals surface area contributed by atoms with Crippen molar-refractivity contribution in [3.05, 3.63) is 29.3 Å². The van der Waals surface area contributed by atoms with Crippen molar-refractivity contribution in [3.63, 3.8) is 0 Å². The topological polar surface area (TPSA) is 69.7 Å². The number of aryl methyl sites for hydroxylation is 1. The van der Waals surface area contributed by atoms with Gasteiger partial charge in [-0.3, -0.25) is 14.5 Å². The maximum atomic E-state index is 12.5. The van der Waals surface area contributed by atoms with E-state index in [2.05, 4.69) is 19.5 Å². The van der Waals surface area contributed by atoms with Crippen molar-refractivity contribution in [2.75, 3.05) is 32.7 Å². The molecule has 1 aromatic carbocycles. The molecule has 27 heavy (non-hydrogen) atoms. The van der Waals surface area contributed by atoms with Gasteiger partial charge in [0.15, 0.2) is 0 Å². The Balaban J connectivity index is 1.45. The second-order valence-electron chi connectivity index (χ2n) is 7.55. The predicted octanol–water partition coefficient (Wildman–Crippen LogP) is 0.737. The van der Waals surface area contributed by atoms with Crippen molar-refractivity contribution >= 4 is 32.6 Å². The molecule has 1 aromatic rings. The molecule has 2 atom stereocenters. The largest absolute Gasteiger partial charge is 0.343 e. The van der Waals surface area contributed by atoms with Gasteiger partial charge in [0.2, 0.25) is 5.91 Å². The van der Waals surface area contributed by atoms with E-state index >= 15 is 0 Å². The molecule has 2 unspecified atom stereocenters. The van der Waals surface area contributed by atoms with Gasteiger partial charge in [0, 0.05) is 30.6 Å². The molecule has 2 heterocycles. The number of benzene rings is 1. The Labute approximate surface area is 162 Å². The second-order valence-corrected chi connectivity index (χ2v) is 8.17. The summed E-state index contributed by atoms with van der Waals surface area (Å²) in [4.78, 5) is 39.9. The Morgan fingerprint density at radius 1 is 1.22 bits per heavy atom. The Kier molecular flexibility index (Phi) is 6.61. The van der Waals surface area contributed by atoms with Crippen molar-refractivity contribution in [2.24, 2.45) is 5.92 Å². The Morgan fingerprint density at radius 3 is 2.63 bits per heavy atom. The summed E-state index contributed by atoms with van der Waals surface area (Å²) in [6.07, 6.45) is 3.86. The monoisotopic (exact) mass is 389 g/mol. The SMILES string of the molecule is Cc1ccc(C(=O)NCC(=O)N2CCC(N3CCC(C=O)CC3)C2)cc1P. The summed E-state index contributed by atoms with van der Waals surface area (Å²) in [5.74, 6) is -0.0648. The van der Waals surface area contributed by atoms with Gasteiger partial charge >= 0.3 is 0 Å². The summed E-state index contributed by atoms with van der Waals surface area (Å²) in [6, 6.07) is 5.86. The van der Waals surface area contributed by atoms with E-state index in [1.807, 2.05) is 24.0 Å². The van der Waals surface area contributed by atoms with Crippen LogP contribution in [-0.4, -0.2) is 66.7 Å². The molecule has 2 amide bonds. The lowest BCUT2D eigenvalue weighted by molar-refractivity contribution is -0.129. The summed E-state index contributed by atoms with van der Waals surface area (Å²) >= 11 is 0. The van der Waals surface area contributed by atoms with Crippen LogP contribution in [0.15, 0.2) is 18.2 Å². The van der Waals surface area contributed by atoms with Gasteiger partial charge in [-0.05, 0) is 62.3 Å². The van der Waals surface area contributed by atoms with Crippen LogP contribution in [0.5, 0.6) is 0 Å². The first-order chi connectivity index (χ1) is 13.0. The van der Waals surface area contributed by atoms with E-state index in [-0.39, 0.29) is 24.3 Å². The normalized spacial score (nSPS) is 21.3. The van der Waals surface area contributed by atoms with Gasteiger partial charge in [0.1, 0.15) is 6.29 Å². The molecule has 0 spiro atoms. The third kappa shape index (κ3) is 4.94. The van der Waals surface area contributed by atoms with E-state index in [9.17, 15) is 14.4 Å². The number of nitrogens with one attached hydrogen (secondary N) is 1. The quantitative estimate of drug-likeness (QED) is 0.596. The van der Waals surface area contributed by atoms with Crippen LogP contribution in [0.25, 0.3) is 0 Å². The summed E-state index contributed by atoms with van der Waals surface area (Å²) in [6.45, 7) is 5.31. The Bertz CT molecular complexity index is 716. The third-order valence-electron chi connectivity index (χ3n) is 5.74. The minimum Gasteiger partial charge on any atom is -0.343 e. The van der Waals surface area contributed by atoms with Crippen LogP contribution in [0.3, 0.4) is 0 Å². The van der Waals surface area contributed by atoms with E-state index < -0.39 is 0 Å². The van der Waals surface area contributed by atoms with Crippen LogP contribution < -0.4 is 10.6 Å². The maximum absolute atomic E-state index is 12.5. The zero-order chi connectivity index (χ0) is 19.4. The van der Waals surface area contributed by atoms with Gasteiger partial charge in [-0.15, -0.1) is 9.24 Å². The average Bonchev–Trinajstić information content (AvgIpc) is 3.18. The van der Waals surface area contributed by atoms with Crippen molar-refractivity contribution in [2.45, 2.75) is 32.2 Å². The van der Waals surface area contributed by atoms with Gasteiger partial charge in [-0.25, -0.2) is 0 Å². The predicted molar refractivity (Wildman–Crippen MR) is 108 cm³/mol. The first-order valence-corrected chi connectivity index (χ1v) is 10.2. The third-order valence-corrected chi connectivity index (χ3v) is 6.36. The van der Waals surface area contributed by atoms with Gasteiger partial charge < -0.3 is 15.0 Å². The highest BCUT2D eigenvalue weighted by Crippen LogP contribution is 2.22. The lowest BCUT2D eigenvalue weighted by Gasteiger charge is -2.34. The van der Waals surface area contributed by atoms with E-state index in [1.54, 1.807) is 6.07 Å². The van der Waals surface area contributed by atoms with E-state index in [0.717, 1.165) is 56.1 Å². The van der Waals surface area contributed by atoms with Crippen LogP contribution >= 0.6 is 9.24 Å². The summed E-state index contributed by atoms with van der Waals surface area (Å²) < 4.78 is 0. The van der Waals surface area contributed by atoms with Crippen molar-refractivity contribution in [1.29, 1.82) is 0 Å². The molecular weight excluding hydrogens is 361 g/mol. The molecule has 0 saturated carbocycles. The zero-order valence-corrected chi connectivity index (χ0v) is 17.0. The molecule has 7 heteroatoms. The molecule has 0 aliphatic carbocycles. The number of carbonyl (C=O) groups is 3. The molecule has 2 aliphatic rings. The van der Waals surface area contributed by atoms with Crippen LogP contribution in [0, 0.1) is 12.8 Å². The second kappa shape index (κ2) is 8.94. The molecule has 2 saturated heterocycles. The first-order valence-electron chi connectivity index (χ1n) is 9.59. The molecule has 0 bridgehead atoms. The summed E-state index contributed by atoms with van der Waals surface area (Å²) in [7, 11) is 2.62. The number of piperidine rings is 1. The minimum absolute atomic E-state index is 0.0266. The lowest BCUT2D eigenvalue weighted by atomic mass is 9.97. The van der Waals surface area contributed by atoms with Crippen LogP contribution in [0.1, 0.15) is 35.2 Å². The van der Waals surface area contributed by atoms with Gasteiger partial charge in [-0.1, -0.05) is 6.07 Å². The highest BCUT2D eigenvalue weighted by molar-refractivity contribution is 7.27. The molecule has 6 nitrogen and oxygen atoms in total. The summed E-state index contributed by atoms with van der Waals surface area (Å²) in [5.41, 5.74) is 1.67. The molecule has 0 radical (unpaired) electrons. The lowest BCUT2D eigenvalue weighted by Crippen LogP contribution is -2.45. The molecule has 3 rings (SSSR count). The van der Waals surface area contributed by atoms with E-state index in [1.165, 1.54) is 0 Å². The van der Waals surface area contributed by atoms with Crippen LogP contribution in [0.4, 0.5) is 0 Å². The van der Waals surface area contributed by atoms with Crippen LogP contribution in [0.2, 0.25) is 0 Å². The number of aldehydes is 1. The van der Waals surface area contributed by atoms with Crippen molar-refractivity contribution in [1.82, 2.24) is 15.1 Å². The molecule has 0 aromatic heterocycles. The highest BCUT2D eigenvalue weighted by Gasteiger charge is 2.32. The number of hydrogen-bond acceptors (Lipinski definition) is 4.